The SMILES string of the molecule is C=C(C)[C@H]1C/C=C2/C(=O)O[C@H](C/C(C)=C/C(=O)[C@H]3C[C@]4(CC[C@@H]5[C@H]6C[C@H]6CC(C)(C)C[C@H]54)OC(=C3C(=O)OC)C1)[C@H]2O. The van der Waals surface area contributed by atoms with Crippen molar-refractivity contribution in [3.63, 3.8) is 0 Å². The second kappa shape index (κ2) is 10.5. The Morgan fingerprint density at radius 1 is 1.14 bits per heavy atom. The van der Waals surface area contributed by atoms with Crippen LogP contribution in [-0.2, 0) is 28.6 Å². The molecule has 6 aliphatic rings. The molecule has 7 nitrogen and oxygen atoms in total. The third-order valence-electron chi connectivity index (χ3n) is 11.3. The van der Waals surface area contributed by atoms with Gasteiger partial charge in [-0.1, -0.05) is 37.6 Å². The quantitative estimate of drug-likeness (QED) is 0.328. The minimum absolute atomic E-state index is 0.160. The molecule has 42 heavy (non-hydrogen) atoms. The van der Waals surface area contributed by atoms with Gasteiger partial charge in [0.25, 0.3) is 0 Å². The summed E-state index contributed by atoms with van der Waals surface area (Å²) >= 11 is 0. The third-order valence-corrected chi connectivity index (χ3v) is 11.3. The summed E-state index contributed by atoms with van der Waals surface area (Å²) in [7, 11) is 1.35. The molecule has 2 aliphatic heterocycles. The molecule has 2 heterocycles. The van der Waals surface area contributed by atoms with Crippen molar-refractivity contribution in [2.75, 3.05) is 7.11 Å². The first-order valence-corrected chi connectivity index (χ1v) is 15.8. The second-order valence-electron chi connectivity index (χ2n) is 14.9. The number of aliphatic hydroxyl groups is 1. The maximum atomic E-state index is 14.2. The summed E-state index contributed by atoms with van der Waals surface area (Å²) in [6, 6.07) is 0. The maximum Gasteiger partial charge on any atom is 0.337 e. The lowest BCUT2D eigenvalue weighted by Gasteiger charge is -2.46. The van der Waals surface area contributed by atoms with E-state index in [1.807, 2.05) is 13.8 Å². The number of hydrogen-bond donors (Lipinski definition) is 1. The van der Waals surface area contributed by atoms with E-state index in [1.165, 1.54) is 20.0 Å². The lowest BCUT2D eigenvalue weighted by atomic mass is 9.68. The fourth-order valence-corrected chi connectivity index (χ4v) is 9.20. The summed E-state index contributed by atoms with van der Waals surface area (Å²) < 4.78 is 18.0. The Morgan fingerprint density at radius 3 is 2.62 bits per heavy atom. The van der Waals surface area contributed by atoms with Gasteiger partial charge in [0.05, 0.1) is 24.2 Å². The van der Waals surface area contributed by atoms with E-state index in [0.29, 0.717) is 48.0 Å². The van der Waals surface area contributed by atoms with Crippen molar-refractivity contribution in [3.05, 3.63) is 46.8 Å². The van der Waals surface area contributed by atoms with E-state index in [2.05, 4.69) is 20.4 Å². The number of ketones is 1. The fraction of sp³-hybridized carbons (Fsp3) is 0.686. The van der Waals surface area contributed by atoms with Gasteiger partial charge >= 0.3 is 11.9 Å². The van der Waals surface area contributed by atoms with Crippen LogP contribution in [0.2, 0.25) is 0 Å². The number of esters is 2. The molecule has 4 bridgehead atoms. The van der Waals surface area contributed by atoms with Crippen LogP contribution >= 0.6 is 0 Å². The summed E-state index contributed by atoms with van der Waals surface area (Å²) in [6.07, 6.45) is 8.56. The van der Waals surface area contributed by atoms with Gasteiger partial charge in [-0.3, -0.25) is 4.79 Å². The molecule has 0 unspecified atom stereocenters. The van der Waals surface area contributed by atoms with E-state index in [-0.39, 0.29) is 29.1 Å². The molecular formula is C35H46O7. The van der Waals surface area contributed by atoms with Crippen LogP contribution < -0.4 is 0 Å². The van der Waals surface area contributed by atoms with Crippen molar-refractivity contribution in [1.29, 1.82) is 0 Å². The van der Waals surface area contributed by atoms with Crippen LogP contribution in [0.3, 0.4) is 0 Å². The van der Waals surface area contributed by atoms with Gasteiger partial charge in [0.1, 0.15) is 23.6 Å². The minimum atomic E-state index is -1.06. The topological polar surface area (TPSA) is 99.1 Å². The molecule has 7 heteroatoms. The van der Waals surface area contributed by atoms with Crippen LogP contribution in [0.25, 0.3) is 0 Å². The van der Waals surface area contributed by atoms with Crippen molar-refractivity contribution < 1.29 is 33.7 Å². The Labute approximate surface area is 249 Å². The van der Waals surface area contributed by atoms with Crippen LogP contribution in [0.15, 0.2) is 46.8 Å². The van der Waals surface area contributed by atoms with Crippen LogP contribution in [0.5, 0.6) is 0 Å². The van der Waals surface area contributed by atoms with Crippen molar-refractivity contribution in [2.45, 2.75) is 103 Å². The molecule has 0 aromatic rings. The van der Waals surface area contributed by atoms with Gasteiger partial charge in [0.15, 0.2) is 5.78 Å². The largest absolute Gasteiger partial charge is 0.491 e. The smallest absolute Gasteiger partial charge is 0.337 e. The zero-order valence-corrected chi connectivity index (χ0v) is 25.7. The van der Waals surface area contributed by atoms with E-state index >= 15 is 0 Å². The first kappa shape index (κ1) is 29.4. The molecule has 228 valence electrons. The maximum absolute atomic E-state index is 14.2. The van der Waals surface area contributed by atoms with Gasteiger partial charge in [-0.2, -0.15) is 0 Å². The highest BCUT2D eigenvalue weighted by Crippen LogP contribution is 2.66. The minimum Gasteiger partial charge on any atom is -0.491 e. The van der Waals surface area contributed by atoms with Crippen LogP contribution in [0.1, 0.15) is 85.5 Å². The summed E-state index contributed by atoms with van der Waals surface area (Å²) in [5.41, 5.74) is 1.80. The molecule has 1 saturated heterocycles. The molecule has 9 atom stereocenters. The molecule has 1 N–H and O–H groups in total. The average molecular weight is 579 g/mol. The third kappa shape index (κ3) is 5.10. The standard InChI is InChI=1S/C35H46O7/c1-18(2)20-7-8-23-31(37)29(41-32(23)38)12-19(3)11-27(36)25-16-35(42-28(14-20)30(25)33(39)40-6)10-9-22-24-13-21(24)15-34(4,5)17-26(22)35/h8,11,20-22,24-26,29,31,37H,1,7,9-10,12-17H2,2-6H3/b19-11+,23-8+/t20-,21-,22+,24-,25+,26+,29+,31-,35-/m0/s1. The molecule has 3 saturated carbocycles. The Bertz CT molecular complexity index is 1300. The Balaban J connectivity index is 1.47. The second-order valence-corrected chi connectivity index (χ2v) is 14.9. The first-order chi connectivity index (χ1) is 19.8. The van der Waals surface area contributed by atoms with Crippen molar-refractivity contribution in [1.82, 2.24) is 0 Å². The number of rotatable bonds is 2. The van der Waals surface area contributed by atoms with Crippen LogP contribution in [0.4, 0.5) is 0 Å². The summed E-state index contributed by atoms with van der Waals surface area (Å²) in [5.74, 6) is 0.880. The van der Waals surface area contributed by atoms with E-state index in [1.54, 1.807) is 12.2 Å². The molecule has 6 rings (SSSR count). The lowest BCUT2D eigenvalue weighted by Crippen LogP contribution is -2.47. The number of carbonyl (C=O) groups is 3. The molecule has 0 amide bonds. The van der Waals surface area contributed by atoms with E-state index in [9.17, 15) is 19.5 Å². The van der Waals surface area contributed by atoms with Crippen LogP contribution in [0, 0.1) is 40.9 Å². The Morgan fingerprint density at radius 2 is 1.90 bits per heavy atom. The Hall–Kier alpha value is -2.67. The van der Waals surface area contributed by atoms with Crippen molar-refractivity contribution >= 4 is 17.7 Å². The van der Waals surface area contributed by atoms with Gasteiger partial charge in [0, 0.05) is 25.2 Å². The molecule has 0 aromatic carbocycles. The molecule has 0 aromatic heterocycles. The van der Waals surface area contributed by atoms with Crippen molar-refractivity contribution in [3.8, 4) is 0 Å². The van der Waals surface area contributed by atoms with Gasteiger partial charge in [-0.05, 0) is 87.5 Å². The molecule has 0 radical (unpaired) electrons. The van der Waals surface area contributed by atoms with E-state index in [0.717, 1.165) is 36.7 Å². The highest BCUT2D eigenvalue weighted by molar-refractivity contribution is 6.03. The number of allylic oxidation sites excluding steroid dienone is 4. The van der Waals surface area contributed by atoms with Gasteiger partial charge in [-0.15, -0.1) is 0 Å². The number of aliphatic hydroxyl groups excluding tert-OH is 1. The monoisotopic (exact) mass is 578 g/mol. The van der Waals surface area contributed by atoms with Crippen molar-refractivity contribution in [2.24, 2.45) is 40.9 Å². The summed E-state index contributed by atoms with van der Waals surface area (Å²) in [4.78, 5) is 40.3. The zero-order valence-electron chi connectivity index (χ0n) is 25.7. The Kier molecular flexibility index (Phi) is 7.35. The summed E-state index contributed by atoms with van der Waals surface area (Å²) in [5, 5.41) is 10.9. The van der Waals surface area contributed by atoms with Crippen LogP contribution in [-0.4, -0.2) is 47.7 Å². The highest BCUT2D eigenvalue weighted by Gasteiger charge is 2.63. The lowest BCUT2D eigenvalue weighted by molar-refractivity contribution is -0.143. The first-order valence-electron chi connectivity index (χ1n) is 15.8. The zero-order chi connectivity index (χ0) is 30.1. The van der Waals surface area contributed by atoms with Gasteiger partial charge < -0.3 is 19.3 Å². The van der Waals surface area contributed by atoms with Gasteiger partial charge in [-0.25, -0.2) is 9.59 Å². The fourth-order valence-electron chi connectivity index (χ4n) is 9.20. The number of methoxy groups -OCH3 is 1. The van der Waals surface area contributed by atoms with E-state index in [4.69, 9.17) is 14.2 Å². The normalized spacial score (nSPS) is 43.4. The number of carbonyl (C=O) groups excluding carboxylic acids is 3. The predicted octanol–water partition coefficient (Wildman–Crippen LogP) is 5.78. The predicted molar refractivity (Wildman–Crippen MR) is 157 cm³/mol. The highest BCUT2D eigenvalue weighted by atomic mass is 16.6. The van der Waals surface area contributed by atoms with Gasteiger partial charge in [0.2, 0.25) is 0 Å². The molecule has 4 fully saturated rings. The summed E-state index contributed by atoms with van der Waals surface area (Å²) in [6.45, 7) is 12.7. The number of ether oxygens (including phenoxy) is 3. The molecule has 1 spiro atoms. The number of hydrogen-bond acceptors (Lipinski definition) is 7. The molecule has 4 aliphatic carbocycles. The number of fused-ring (bicyclic) bond motifs is 7. The molecular weight excluding hydrogens is 532 g/mol. The van der Waals surface area contributed by atoms with E-state index < -0.39 is 35.7 Å². The average Bonchev–Trinajstić information content (AvgIpc) is 3.53.